The SMILES string of the molecule is CC(C)(C)OC(=O)NCC(=O)N1c2ccccc2CC1c1ncc(C(=O)O)[nH]1. The van der Waals surface area contributed by atoms with Crippen LogP contribution in [0.5, 0.6) is 0 Å². The number of nitrogens with one attached hydrogen (secondary N) is 2. The zero-order valence-corrected chi connectivity index (χ0v) is 15.9. The van der Waals surface area contributed by atoms with E-state index in [1.54, 1.807) is 20.8 Å². The minimum atomic E-state index is -1.13. The van der Waals surface area contributed by atoms with Crippen molar-refractivity contribution in [3.8, 4) is 0 Å². The predicted molar refractivity (Wildman–Crippen MR) is 100 cm³/mol. The van der Waals surface area contributed by atoms with Gasteiger partial charge in [-0.1, -0.05) is 18.2 Å². The van der Waals surface area contributed by atoms with Crippen molar-refractivity contribution in [2.45, 2.75) is 38.8 Å². The summed E-state index contributed by atoms with van der Waals surface area (Å²) in [4.78, 5) is 44.3. The fraction of sp³-hybridized carbons (Fsp3) is 0.368. The van der Waals surface area contributed by atoms with Gasteiger partial charge in [0.15, 0.2) is 0 Å². The lowest BCUT2D eigenvalue weighted by Gasteiger charge is -2.25. The number of nitrogens with zero attached hydrogens (tertiary/aromatic N) is 2. The molecule has 9 heteroatoms. The summed E-state index contributed by atoms with van der Waals surface area (Å²) in [5.74, 6) is -1.10. The lowest BCUT2D eigenvalue weighted by Crippen LogP contribution is -2.42. The molecule has 0 aliphatic carbocycles. The minimum Gasteiger partial charge on any atom is -0.477 e. The number of ether oxygens (including phenoxy) is 1. The Morgan fingerprint density at radius 3 is 2.68 bits per heavy atom. The summed E-state index contributed by atoms with van der Waals surface area (Å²) in [6, 6.07) is 6.90. The molecule has 1 atom stereocenters. The second kappa shape index (κ2) is 7.34. The molecular formula is C19H22N4O5. The van der Waals surface area contributed by atoms with Crippen LogP contribution in [0, 0.1) is 0 Å². The lowest BCUT2D eigenvalue weighted by atomic mass is 10.1. The number of aromatic amines is 1. The average molecular weight is 386 g/mol. The molecule has 1 aliphatic heterocycles. The van der Waals surface area contributed by atoms with Gasteiger partial charge in [-0.25, -0.2) is 14.6 Å². The van der Waals surface area contributed by atoms with E-state index in [9.17, 15) is 14.4 Å². The average Bonchev–Trinajstić information content (AvgIpc) is 3.22. The number of carboxylic acids is 1. The van der Waals surface area contributed by atoms with Crippen LogP contribution < -0.4 is 10.2 Å². The van der Waals surface area contributed by atoms with Gasteiger partial charge in [-0.3, -0.25) is 9.69 Å². The van der Waals surface area contributed by atoms with Crippen molar-refractivity contribution < 1.29 is 24.2 Å². The first-order valence-corrected chi connectivity index (χ1v) is 8.81. The van der Waals surface area contributed by atoms with Gasteiger partial charge in [0.05, 0.1) is 12.2 Å². The molecule has 1 aromatic carbocycles. The zero-order valence-electron chi connectivity index (χ0n) is 15.9. The first kappa shape index (κ1) is 19.4. The number of carbonyl (C=O) groups is 3. The van der Waals surface area contributed by atoms with Crippen molar-refractivity contribution in [3.05, 3.63) is 47.5 Å². The van der Waals surface area contributed by atoms with Crippen LogP contribution in [0.1, 0.15) is 48.7 Å². The maximum Gasteiger partial charge on any atom is 0.408 e. The van der Waals surface area contributed by atoms with E-state index in [4.69, 9.17) is 9.84 Å². The molecule has 0 saturated carbocycles. The Hall–Kier alpha value is -3.36. The molecule has 1 unspecified atom stereocenters. The molecule has 0 radical (unpaired) electrons. The highest BCUT2D eigenvalue weighted by atomic mass is 16.6. The van der Waals surface area contributed by atoms with Crippen LogP contribution in [0.2, 0.25) is 0 Å². The number of benzene rings is 1. The third-order valence-electron chi connectivity index (χ3n) is 4.17. The number of amides is 2. The molecule has 2 amide bonds. The second-order valence-corrected chi connectivity index (χ2v) is 7.46. The highest BCUT2D eigenvalue weighted by molar-refractivity contribution is 5.98. The van der Waals surface area contributed by atoms with Crippen molar-refractivity contribution in [1.82, 2.24) is 15.3 Å². The summed E-state index contributed by atoms with van der Waals surface area (Å²) in [5, 5.41) is 11.6. The van der Waals surface area contributed by atoms with Crippen LogP contribution in [-0.4, -0.2) is 45.2 Å². The number of rotatable bonds is 4. The standard InChI is InChI=1S/C19H22N4O5/c1-19(2,3)28-18(27)21-10-15(24)23-13-7-5-4-6-11(13)8-14(23)16-20-9-12(22-16)17(25)26/h4-7,9,14H,8,10H2,1-3H3,(H,20,22)(H,21,27)(H,25,26). The van der Waals surface area contributed by atoms with E-state index in [0.717, 1.165) is 5.56 Å². The number of H-pyrrole nitrogens is 1. The number of aromatic nitrogens is 2. The number of aromatic carboxylic acids is 1. The van der Waals surface area contributed by atoms with E-state index in [1.165, 1.54) is 11.1 Å². The van der Waals surface area contributed by atoms with Crippen LogP contribution in [0.15, 0.2) is 30.5 Å². The van der Waals surface area contributed by atoms with Gasteiger partial charge in [0.25, 0.3) is 0 Å². The van der Waals surface area contributed by atoms with Gasteiger partial charge in [-0.05, 0) is 32.4 Å². The van der Waals surface area contributed by atoms with Crippen molar-refractivity contribution in [1.29, 1.82) is 0 Å². The van der Waals surface area contributed by atoms with E-state index < -0.39 is 23.7 Å². The maximum absolute atomic E-state index is 12.9. The summed E-state index contributed by atoms with van der Waals surface area (Å²) in [6.07, 6.45) is 1.03. The van der Waals surface area contributed by atoms with Gasteiger partial charge in [0.2, 0.25) is 5.91 Å². The number of fused-ring (bicyclic) bond motifs is 1. The minimum absolute atomic E-state index is 0.0507. The van der Waals surface area contributed by atoms with Crippen molar-refractivity contribution in [3.63, 3.8) is 0 Å². The number of anilines is 1. The summed E-state index contributed by atoms with van der Waals surface area (Å²) in [7, 11) is 0. The largest absolute Gasteiger partial charge is 0.477 e. The lowest BCUT2D eigenvalue weighted by molar-refractivity contribution is -0.118. The normalized spacial score (nSPS) is 15.8. The molecule has 0 spiro atoms. The molecule has 1 aromatic heterocycles. The number of imidazole rings is 1. The van der Waals surface area contributed by atoms with Crippen molar-refractivity contribution in [2.75, 3.05) is 11.4 Å². The molecule has 0 fully saturated rings. The molecule has 2 heterocycles. The molecule has 0 saturated heterocycles. The van der Waals surface area contributed by atoms with E-state index in [1.807, 2.05) is 24.3 Å². The number of hydrogen-bond donors (Lipinski definition) is 3. The van der Waals surface area contributed by atoms with Gasteiger partial charge < -0.3 is 20.1 Å². The summed E-state index contributed by atoms with van der Waals surface area (Å²) < 4.78 is 5.16. The molecule has 3 rings (SSSR count). The van der Waals surface area contributed by atoms with Gasteiger partial charge in [0.1, 0.15) is 23.7 Å². The fourth-order valence-corrected chi connectivity index (χ4v) is 3.07. The monoisotopic (exact) mass is 386 g/mol. The maximum atomic E-state index is 12.9. The quantitative estimate of drug-likeness (QED) is 0.740. The Bertz CT molecular complexity index is 915. The first-order chi connectivity index (χ1) is 13.2. The predicted octanol–water partition coefficient (Wildman–Crippen LogP) is 2.26. The molecule has 28 heavy (non-hydrogen) atoms. The van der Waals surface area contributed by atoms with E-state index in [0.29, 0.717) is 17.9 Å². The summed E-state index contributed by atoms with van der Waals surface area (Å²) in [6.45, 7) is 4.94. The van der Waals surface area contributed by atoms with Gasteiger partial charge >= 0.3 is 12.1 Å². The van der Waals surface area contributed by atoms with Crippen molar-refractivity contribution >= 4 is 23.7 Å². The Labute approximate surface area is 161 Å². The number of alkyl carbamates (subject to hydrolysis) is 1. The van der Waals surface area contributed by atoms with Crippen LogP contribution >= 0.6 is 0 Å². The molecule has 1 aliphatic rings. The Morgan fingerprint density at radius 1 is 1.32 bits per heavy atom. The summed E-state index contributed by atoms with van der Waals surface area (Å²) in [5.41, 5.74) is 0.922. The third kappa shape index (κ3) is 4.13. The van der Waals surface area contributed by atoms with Crippen LogP contribution in [0.4, 0.5) is 10.5 Å². The van der Waals surface area contributed by atoms with E-state index in [2.05, 4.69) is 15.3 Å². The third-order valence-corrected chi connectivity index (χ3v) is 4.17. The summed E-state index contributed by atoms with van der Waals surface area (Å²) >= 11 is 0. The van der Waals surface area contributed by atoms with Crippen LogP contribution in [-0.2, 0) is 16.0 Å². The van der Waals surface area contributed by atoms with E-state index >= 15 is 0 Å². The highest BCUT2D eigenvalue weighted by Crippen LogP contribution is 2.39. The van der Waals surface area contributed by atoms with Crippen molar-refractivity contribution in [2.24, 2.45) is 0 Å². The molecule has 9 nitrogen and oxygen atoms in total. The van der Waals surface area contributed by atoms with Gasteiger partial charge in [0, 0.05) is 12.1 Å². The smallest absolute Gasteiger partial charge is 0.408 e. The Kier molecular flexibility index (Phi) is 5.08. The Morgan fingerprint density at radius 2 is 2.04 bits per heavy atom. The topological polar surface area (TPSA) is 125 Å². The molecule has 3 N–H and O–H groups in total. The number of carboxylic acid groups (broad SMARTS) is 1. The molecule has 148 valence electrons. The first-order valence-electron chi connectivity index (χ1n) is 8.81. The molecule has 2 aromatic rings. The second-order valence-electron chi connectivity index (χ2n) is 7.46. The number of carbonyl (C=O) groups excluding carboxylic acids is 2. The van der Waals surface area contributed by atoms with Crippen LogP contribution in [0.25, 0.3) is 0 Å². The molecule has 0 bridgehead atoms. The van der Waals surface area contributed by atoms with E-state index in [-0.39, 0.29) is 18.1 Å². The van der Waals surface area contributed by atoms with Gasteiger partial charge in [-0.15, -0.1) is 0 Å². The molecular weight excluding hydrogens is 364 g/mol. The number of hydrogen-bond acceptors (Lipinski definition) is 5. The Balaban J connectivity index is 1.80. The van der Waals surface area contributed by atoms with Gasteiger partial charge in [-0.2, -0.15) is 0 Å². The zero-order chi connectivity index (χ0) is 20.5. The van der Waals surface area contributed by atoms with Crippen LogP contribution in [0.3, 0.4) is 0 Å². The number of para-hydroxylation sites is 1. The fourth-order valence-electron chi connectivity index (χ4n) is 3.07. The highest BCUT2D eigenvalue weighted by Gasteiger charge is 2.36.